The third-order valence-corrected chi connectivity index (χ3v) is 3.39. The molecule has 1 aliphatic rings. The molecule has 1 saturated heterocycles. The van der Waals surface area contributed by atoms with Crippen LogP contribution in [0, 0.1) is 5.92 Å². The minimum absolute atomic E-state index is 0.256. The van der Waals surface area contributed by atoms with Gasteiger partial charge in [0.15, 0.2) is 0 Å². The third kappa shape index (κ3) is 4.87. The highest BCUT2D eigenvalue weighted by Gasteiger charge is 2.21. The van der Waals surface area contributed by atoms with E-state index in [9.17, 15) is 4.79 Å². The van der Waals surface area contributed by atoms with Crippen molar-refractivity contribution >= 4 is 5.97 Å². The Morgan fingerprint density at radius 1 is 1.53 bits per heavy atom. The maximum atomic E-state index is 11.3. The van der Waals surface area contributed by atoms with Gasteiger partial charge in [-0.25, -0.2) is 4.79 Å². The fourth-order valence-corrected chi connectivity index (χ4v) is 2.29. The number of esters is 1. The number of methoxy groups -OCH3 is 1. The zero-order chi connectivity index (χ0) is 14.3. The number of hydrogen-bond donors (Lipinski definition) is 0. The molecule has 0 radical (unpaired) electrons. The lowest BCUT2D eigenvalue weighted by Crippen LogP contribution is -2.37. The van der Waals surface area contributed by atoms with Gasteiger partial charge in [0.1, 0.15) is 0 Å². The van der Waals surface area contributed by atoms with Crippen LogP contribution in [-0.2, 0) is 9.53 Å². The van der Waals surface area contributed by atoms with Gasteiger partial charge in [-0.3, -0.25) is 4.90 Å². The summed E-state index contributed by atoms with van der Waals surface area (Å²) in [5, 5.41) is 0. The zero-order valence-corrected chi connectivity index (χ0v) is 11.9. The van der Waals surface area contributed by atoms with E-state index in [2.05, 4.69) is 29.7 Å². The topological polar surface area (TPSA) is 29.5 Å². The first kappa shape index (κ1) is 15.4. The predicted octanol–water partition coefficient (Wildman–Crippen LogP) is 2.73. The highest BCUT2D eigenvalue weighted by molar-refractivity contribution is 5.82. The van der Waals surface area contributed by atoms with Gasteiger partial charge in [0.2, 0.25) is 0 Å². The summed E-state index contributed by atoms with van der Waals surface area (Å²) in [4.78, 5) is 13.6. The number of likely N-dealkylation sites (tertiary alicyclic amines) is 1. The highest BCUT2D eigenvalue weighted by Crippen LogP contribution is 2.23. The van der Waals surface area contributed by atoms with Gasteiger partial charge in [0.05, 0.1) is 7.11 Å². The summed E-state index contributed by atoms with van der Waals surface area (Å²) >= 11 is 0. The number of allylic oxidation sites excluding steroid dienone is 2. The van der Waals surface area contributed by atoms with Crippen molar-refractivity contribution in [3.8, 4) is 0 Å². The average Bonchev–Trinajstić information content (AvgIpc) is 2.41. The standard InChI is InChI=1S/C16H23NO2/c1-5-7-14(6-2)12-17-9-8-15(13(3)11-17)10-16(18)19-4/h5-7,10,13H,1-2,8-9,11-12H2,3-4H3/b14-7+,15-10-. The van der Waals surface area contributed by atoms with Crippen LogP contribution in [0.25, 0.3) is 0 Å². The van der Waals surface area contributed by atoms with Crippen molar-refractivity contribution in [1.82, 2.24) is 4.90 Å². The normalized spacial score (nSPS) is 23.2. The highest BCUT2D eigenvalue weighted by atomic mass is 16.5. The summed E-state index contributed by atoms with van der Waals surface area (Å²) in [6.07, 6.45) is 8.18. The van der Waals surface area contributed by atoms with Crippen LogP contribution in [-0.4, -0.2) is 37.6 Å². The van der Waals surface area contributed by atoms with Crippen LogP contribution >= 0.6 is 0 Å². The number of rotatable bonds is 5. The number of ether oxygens (including phenoxy) is 1. The average molecular weight is 261 g/mol. The van der Waals surface area contributed by atoms with Crippen molar-refractivity contribution in [2.75, 3.05) is 26.7 Å². The van der Waals surface area contributed by atoms with Crippen molar-refractivity contribution in [2.45, 2.75) is 13.3 Å². The van der Waals surface area contributed by atoms with Crippen molar-refractivity contribution in [3.05, 3.63) is 48.6 Å². The molecule has 1 heterocycles. The number of carbonyl (C=O) groups excluding carboxylic acids is 1. The molecule has 19 heavy (non-hydrogen) atoms. The maximum Gasteiger partial charge on any atom is 0.330 e. The molecule has 0 spiro atoms. The van der Waals surface area contributed by atoms with E-state index >= 15 is 0 Å². The maximum absolute atomic E-state index is 11.3. The van der Waals surface area contributed by atoms with Crippen molar-refractivity contribution in [1.29, 1.82) is 0 Å². The molecular formula is C16H23NO2. The van der Waals surface area contributed by atoms with Gasteiger partial charge in [0, 0.05) is 25.7 Å². The summed E-state index contributed by atoms with van der Waals surface area (Å²) in [7, 11) is 1.41. The summed E-state index contributed by atoms with van der Waals surface area (Å²) in [6.45, 7) is 12.4. The van der Waals surface area contributed by atoms with Gasteiger partial charge in [-0.05, 0) is 17.9 Å². The van der Waals surface area contributed by atoms with Gasteiger partial charge in [-0.1, -0.05) is 43.9 Å². The number of piperidine rings is 1. The Kier molecular flexibility index (Phi) is 6.30. The van der Waals surface area contributed by atoms with Gasteiger partial charge < -0.3 is 4.74 Å². The fourth-order valence-electron chi connectivity index (χ4n) is 2.29. The molecule has 1 unspecified atom stereocenters. The van der Waals surface area contributed by atoms with Crippen LogP contribution in [0.15, 0.2) is 48.6 Å². The molecule has 3 nitrogen and oxygen atoms in total. The molecule has 0 N–H and O–H groups in total. The lowest BCUT2D eigenvalue weighted by Gasteiger charge is -2.33. The first-order valence-corrected chi connectivity index (χ1v) is 6.55. The van der Waals surface area contributed by atoms with Gasteiger partial charge in [-0.15, -0.1) is 0 Å². The molecule has 0 bridgehead atoms. The third-order valence-electron chi connectivity index (χ3n) is 3.39. The SMILES string of the molecule is C=C/C=C(\C=C)CN1CC/C(=C/C(=O)OC)C(C)C1. The summed E-state index contributed by atoms with van der Waals surface area (Å²) in [6, 6.07) is 0. The lowest BCUT2D eigenvalue weighted by atomic mass is 9.92. The van der Waals surface area contributed by atoms with Crippen molar-refractivity contribution in [2.24, 2.45) is 5.92 Å². The van der Waals surface area contributed by atoms with E-state index in [0.29, 0.717) is 5.92 Å². The molecule has 1 fully saturated rings. The van der Waals surface area contributed by atoms with E-state index in [0.717, 1.165) is 26.1 Å². The zero-order valence-electron chi connectivity index (χ0n) is 11.9. The molecule has 104 valence electrons. The minimum atomic E-state index is -0.256. The van der Waals surface area contributed by atoms with Crippen LogP contribution in [0.3, 0.4) is 0 Å². The first-order valence-electron chi connectivity index (χ1n) is 6.55. The number of carbonyl (C=O) groups is 1. The Morgan fingerprint density at radius 3 is 2.79 bits per heavy atom. The molecule has 0 aromatic heterocycles. The van der Waals surface area contributed by atoms with Gasteiger partial charge in [-0.2, -0.15) is 0 Å². The molecule has 0 amide bonds. The Balaban J connectivity index is 2.61. The number of hydrogen-bond acceptors (Lipinski definition) is 3. The Bertz CT molecular complexity index is 407. The van der Waals surface area contributed by atoms with Gasteiger partial charge in [0.25, 0.3) is 0 Å². The van der Waals surface area contributed by atoms with E-state index in [-0.39, 0.29) is 5.97 Å². The molecule has 0 aliphatic carbocycles. The summed E-state index contributed by atoms with van der Waals surface area (Å²) in [5.41, 5.74) is 2.35. The van der Waals surface area contributed by atoms with Crippen LogP contribution in [0.2, 0.25) is 0 Å². The smallest absolute Gasteiger partial charge is 0.330 e. The fraction of sp³-hybridized carbons (Fsp3) is 0.438. The molecular weight excluding hydrogens is 238 g/mol. The van der Waals surface area contributed by atoms with E-state index in [1.54, 1.807) is 12.2 Å². The number of nitrogens with zero attached hydrogens (tertiary/aromatic N) is 1. The molecule has 3 heteroatoms. The summed E-state index contributed by atoms with van der Waals surface area (Å²) < 4.78 is 4.68. The van der Waals surface area contributed by atoms with E-state index in [1.165, 1.54) is 18.3 Å². The molecule has 0 aromatic rings. The second-order valence-electron chi connectivity index (χ2n) is 4.81. The van der Waals surface area contributed by atoms with E-state index < -0.39 is 0 Å². The Labute approximate surface area is 115 Å². The van der Waals surface area contributed by atoms with E-state index in [1.807, 2.05) is 12.2 Å². The summed E-state index contributed by atoms with van der Waals surface area (Å²) in [5.74, 6) is 0.122. The molecule has 0 saturated carbocycles. The van der Waals surface area contributed by atoms with Crippen LogP contribution in [0.1, 0.15) is 13.3 Å². The molecule has 1 atom stereocenters. The quantitative estimate of drug-likeness (QED) is 0.433. The van der Waals surface area contributed by atoms with Crippen molar-refractivity contribution in [3.63, 3.8) is 0 Å². The molecule has 1 rings (SSSR count). The van der Waals surface area contributed by atoms with Gasteiger partial charge >= 0.3 is 5.97 Å². The van der Waals surface area contributed by atoms with E-state index in [4.69, 9.17) is 0 Å². The van der Waals surface area contributed by atoms with Crippen LogP contribution in [0.4, 0.5) is 0 Å². The minimum Gasteiger partial charge on any atom is -0.466 e. The van der Waals surface area contributed by atoms with Crippen LogP contribution in [0.5, 0.6) is 0 Å². The molecule has 1 aliphatic heterocycles. The molecule has 0 aromatic carbocycles. The first-order chi connectivity index (χ1) is 9.10. The largest absolute Gasteiger partial charge is 0.466 e. The second-order valence-corrected chi connectivity index (χ2v) is 4.81. The Morgan fingerprint density at radius 2 is 2.26 bits per heavy atom. The lowest BCUT2D eigenvalue weighted by molar-refractivity contribution is -0.134. The van der Waals surface area contributed by atoms with Crippen LogP contribution < -0.4 is 0 Å². The monoisotopic (exact) mass is 261 g/mol. The second kappa shape index (κ2) is 7.74. The van der Waals surface area contributed by atoms with Crippen molar-refractivity contribution < 1.29 is 9.53 Å². The Hall–Kier alpha value is -1.61. The predicted molar refractivity (Wildman–Crippen MR) is 78.8 cm³/mol.